The number of hydrogen-bond donors (Lipinski definition) is 2. The van der Waals surface area contributed by atoms with E-state index in [0.717, 1.165) is 4.90 Å². The van der Waals surface area contributed by atoms with Crippen LogP contribution in [0.5, 0.6) is 0 Å². The summed E-state index contributed by atoms with van der Waals surface area (Å²) in [5.41, 5.74) is 5.15. The van der Waals surface area contributed by atoms with Crippen LogP contribution < -0.4 is 5.73 Å². The van der Waals surface area contributed by atoms with Crippen LogP contribution in [-0.2, 0) is 0 Å². The molecule has 0 aliphatic heterocycles. The summed E-state index contributed by atoms with van der Waals surface area (Å²) < 4.78 is 12.6. The van der Waals surface area contributed by atoms with Crippen LogP contribution in [0.2, 0.25) is 0 Å². The second kappa shape index (κ2) is 4.11. The van der Waals surface area contributed by atoms with Crippen LogP contribution in [-0.4, -0.2) is 11.6 Å². The molecule has 0 bridgehead atoms. The van der Waals surface area contributed by atoms with Crippen LogP contribution in [0.25, 0.3) is 0 Å². The SMILES string of the molecule is N=C(N)CSc1cccc(F)c1. The van der Waals surface area contributed by atoms with Crippen LogP contribution in [0.15, 0.2) is 29.2 Å². The molecule has 0 saturated carbocycles. The van der Waals surface area contributed by atoms with Gasteiger partial charge < -0.3 is 5.73 Å². The van der Waals surface area contributed by atoms with Crippen molar-refractivity contribution in [1.29, 1.82) is 5.41 Å². The Labute approximate surface area is 74.5 Å². The number of nitrogens with one attached hydrogen (secondary N) is 1. The Morgan fingerprint density at radius 3 is 2.92 bits per heavy atom. The zero-order valence-electron chi connectivity index (χ0n) is 6.38. The van der Waals surface area contributed by atoms with Gasteiger partial charge in [0.2, 0.25) is 0 Å². The van der Waals surface area contributed by atoms with Crippen molar-refractivity contribution in [2.45, 2.75) is 4.90 Å². The summed E-state index contributed by atoms with van der Waals surface area (Å²) in [5.74, 6) is 0.247. The van der Waals surface area contributed by atoms with Gasteiger partial charge in [0, 0.05) is 4.90 Å². The fourth-order valence-corrected chi connectivity index (χ4v) is 1.41. The van der Waals surface area contributed by atoms with E-state index in [1.54, 1.807) is 12.1 Å². The summed E-state index contributed by atoms with van der Waals surface area (Å²) in [7, 11) is 0. The second-order valence-electron chi connectivity index (χ2n) is 2.27. The van der Waals surface area contributed by atoms with E-state index in [4.69, 9.17) is 11.1 Å². The van der Waals surface area contributed by atoms with Crippen molar-refractivity contribution in [2.75, 3.05) is 5.75 Å². The van der Waals surface area contributed by atoms with Crippen molar-refractivity contribution in [3.05, 3.63) is 30.1 Å². The molecule has 12 heavy (non-hydrogen) atoms. The Morgan fingerprint density at radius 1 is 1.58 bits per heavy atom. The maximum atomic E-state index is 12.6. The van der Waals surface area contributed by atoms with Crippen LogP contribution in [0.3, 0.4) is 0 Å². The molecule has 0 aliphatic rings. The Balaban J connectivity index is 2.57. The molecule has 1 rings (SSSR count). The summed E-state index contributed by atoms with van der Waals surface area (Å²) in [6.07, 6.45) is 0. The van der Waals surface area contributed by atoms with Gasteiger partial charge in [0.05, 0.1) is 5.75 Å². The maximum Gasteiger partial charge on any atom is 0.124 e. The standard InChI is InChI=1S/C8H9FN2S/c9-6-2-1-3-7(4-6)12-5-8(10)11/h1-4H,5H2,(H3,10,11). The largest absolute Gasteiger partial charge is 0.387 e. The van der Waals surface area contributed by atoms with Crippen molar-refractivity contribution in [2.24, 2.45) is 5.73 Å². The minimum absolute atomic E-state index is 0.101. The summed E-state index contributed by atoms with van der Waals surface area (Å²) in [5, 5.41) is 6.96. The van der Waals surface area contributed by atoms with Crippen molar-refractivity contribution in [3.8, 4) is 0 Å². The lowest BCUT2D eigenvalue weighted by Gasteiger charge is -1.98. The molecule has 1 aromatic rings. The van der Waals surface area contributed by atoms with E-state index in [1.807, 2.05) is 0 Å². The average molecular weight is 184 g/mol. The Bertz CT molecular complexity index is 288. The number of benzene rings is 1. The van der Waals surface area contributed by atoms with Gasteiger partial charge in [-0.05, 0) is 18.2 Å². The molecular formula is C8H9FN2S. The third kappa shape index (κ3) is 2.92. The van der Waals surface area contributed by atoms with Crippen LogP contribution >= 0.6 is 11.8 Å². The first kappa shape index (κ1) is 9.06. The number of halogens is 1. The molecule has 0 saturated heterocycles. The summed E-state index contributed by atoms with van der Waals surface area (Å²) in [6.45, 7) is 0. The number of amidine groups is 1. The zero-order valence-corrected chi connectivity index (χ0v) is 7.20. The second-order valence-corrected chi connectivity index (χ2v) is 3.32. The molecule has 0 aromatic heterocycles. The molecule has 0 amide bonds. The highest BCUT2D eigenvalue weighted by Crippen LogP contribution is 2.17. The van der Waals surface area contributed by atoms with E-state index in [2.05, 4.69) is 0 Å². The molecule has 1 aromatic carbocycles. The number of hydrogen-bond acceptors (Lipinski definition) is 2. The zero-order chi connectivity index (χ0) is 8.97. The predicted molar refractivity (Wildman–Crippen MR) is 49.0 cm³/mol. The van der Waals surface area contributed by atoms with Gasteiger partial charge in [-0.15, -0.1) is 11.8 Å². The Kier molecular flexibility index (Phi) is 3.10. The minimum atomic E-state index is -0.261. The smallest absolute Gasteiger partial charge is 0.124 e. The first-order chi connectivity index (χ1) is 5.68. The van der Waals surface area contributed by atoms with E-state index in [1.165, 1.54) is 23.9 Å². The molecule has 2 nitrogen and oxygen atoms in total. The van der Waals surface area contributed by atoms with Gasteiger partial charge in [0.25, 0.3) is 0 Å². The number of thioether (sulfide) groups is 1. The monoisotopic (exact) mass is 184 g/mol. The van der Waals surface area contributed by atoms with Crippen molar-refractivity contribution in [3.63, 3.8) is 0 Å². The van der Waals surface area contributed by atoms with E-state index < -0.39 is 0 Å². The molecule has 3 N–H and O–H groups in total. The molecular weight excluding hydrogens is 175 g/mol. The molecule has 0 unspecified atom stereocenters. The van der Waals surface area contributed by atoms with Crippen molar-refractivity contribution in [1.82, 2.24) is 0 Å². The Morgan fingerprint density at radius 2 is 2.33 bits per heavy atom. The summed E-state index contributed by atoms with van der Waals surface area (Å²) in [6, 6.07) is 6.24. The van der Waals surface area contributed by atoms with Gasteiger partial charge in [-0.2, -0.15) is 0 Å². The van der Waals surface area contributed by atoms with Gasteiger partial charge >= 0.3 is 0 Å². The predicted octanol–water partition coefficient (Wildman–Crippen LogP) is 1.85. The number of nitrogens with two attached hydrogens (primary N) is 1. The fourth-order valence-electron chi connectivity index (χ4n) is 0.718. The van der Waals surface area contributed by atoms with Gasteiger partial charge in [-0.1, -0.05) is 6.07 Å². The molecule has 64 valence electrons. The molecule has 4 heteroatoms. The van der Waals surface area contributed by atoms with Gasteiger partial charge in [0.15, 0.2) is 0 Å². The average Bonchev–Trinajstić information content (AvgIpc) is 2.01. The highest BCUT2D eigenvalue weighted by Gasteiger charge is 1.96. The highest BCUT2D eigenvalue weighted by molar-refractivity contribution is 8.00. The van der Waals surface area contributed by atoms with Crippen LogP contribution in [0.4, 0.5) is 4.39 Å². The van der Waals surface area contributed by atoms with Gasteiger partial charge in [-0.25, -0.2) is 4.39 Å². The van der Waals surface area contributed by atoms with Crippen LogP contribution in [0, 0.1) is 11.2 Å². The highest BCUT2D eigenvalue weighted by atomic mass is 32.2. The lowest BCUT2D eigenvalue weighted by molar-refractivity contribution is 0.624. The third-order valence-corrected chi connectivity index (χ3v) is 2.23. The lowest BCUT2D eigenvalue weighted by atomic mass is 10.4. The van der Waals surface area contributed by atoms with Gasteiger partial charge in [-0.3, -0.25) is 5.41 Å². The van der Waals surface area contributed by atoms with E-state index in [0.29, 0.717) is 5.75 Å². The number of rotatable bonds is 3. The molecule has 0 aliphatic carbocycles. The first-order valence-electron chi connectivity index (χ1n) is 3.40. The molecule has 0 radical (unpaired) electrons. The summed E-state index contributed by atoms with van der Waals surface area (Å²) >= 11 is 1.35. The summed E-state index contributed by atoms with van der Waals surface area (Å²) in [4.78, 5) is 0.796. The van der Waals surface area contributed by atoms with Crippen molar-refractivity contribution < 1.29 is 4.39 Å². The molecule has 0 heterocycles. The van der Waals surface area contributed by atoms with E-state index >= 15 is 0 Å². The third-order valence-electron chi connectivity index (χ3n) is 1.19. The van der Waals surface area contributed by atoms with E-state index in [9.17, 15) is 4.39 Å². The lowest BCUT2D eigenvalue weighted by Crippen LogP contribution is -2.11. The van der Waals surface area contributed by atoms with Gasteiger partial charge in [0.1, 0.15) is 11.7 Å². The Hall–Kier alpha value is -1.03. The van der Waals surface area contributed by atoms with Crippen LogP contribution in [0.1, 0.15) is 0 Å². The minimum Gasteiger partial charge on any atom is -0.387 e. The molecule has 0 atom stereocenters. The molecule has 0 fully saturated rings. The normalized spacial score (nSPS) is 9.75. The first-order valence-corrected chi connectivity index (χ1v) is 4.38. The van der Waals surface area contributed by atoms with E-state index in [-0.39, 0.29) is 11.7 Å². The van der Waals surface area contributed by atoms with Crippen molar-refractivity contribution >= 4 is 17.6 Å². The quantitative estimate of drug-likeness (QED) is 0.428. The fraction of sp³-hybridized carbons (Fsp3) is 0.125. The topological polar surface area (TPSA) is 49.9 Å². The molecule has 0 spiro atoms. The maximum absolute atomic E-state index is 12.6.